The Hall–Kier alpha value is -1.26. The van der Waals surface area contributed by atoms with Crippen molar-refractivity contribution in [3.8, 4) is 0 Å². The van der Waals surface area contributed by atoms with Crippen LogP contribution in [0.4, 0.5) is 5.69 Å². The Kier molecular flexibility index (Phi) is 4.32. The van der Waals surface area contributed by atoms with Crippen molar-refractivity contribution in [3.63, 3.8) is 0 Å². The van der Waals surface area contributed by atoms with Gasteiger partial charge in [0.05, 0.1) is 0 Å². The van der Waals surface area contributed by atoms with Crippen LogP contribution in [0, 0.1) is 5.41 Å². The van der Waals surface area contributed by atoms with Crippen LogP contribution in [0.15, 0.2) is 18.2 Å². The largest absolute Gasteiger partial charge is 0.384 e. The van der Waals surface area contributed by atoms with Crippen molar-refractivity contribution in [3.05, 3.63) is 28.8 Å². The van der Waals surface area contributed by atoms with Gasteiger partial charge < -0.3 is 15.5 Å². The summed E-state index contributed by atoms with van der Waals surface area (Å²) in [5, 5.41) is 8.41. The summed E-state index contributed by atoms with van der Waals surface area (Å²) in [4.78, 5) is 4.65. The summed E-state index contributed by atoms with van der Waals surface area (Å²) in [6.45, 7) is 5.26. The molecular weight excluding hydrogens is 260 g/mol. The lowest BCUT2D eigenvalue weighted by molar-refractivity contribution is 0.337. The molecule has 0 radical (unpaired) electrons. The van der Waals surface area contributed by atoms with E-state index in [0.29, 0.717) is 11.1 Å². The molecule has 0 aliphatic carbocycles. The van der Waals surface area contributed by atoms with Crippen LogP contribution in [0.3, 0.4) is 0 Å². The zero-order valence-electron chi connectivity index (χ0n) is 11.5. The molecule has 1 fully saturated rings. The number of nitrogen functional groups attached to an aromatic ring is 1. The molecule has 1 heterocycles. The normalized spacial score (nSPS) is 21.2. The summed E-state index contributed by atoms with van der Waals surface area (Å²) in [6, 6.07) is 5.92. The number of benzene rings is 1. The molecule has 0 bridgehead atoms. The van der Waals surface area contributed by atoms with E-state index in [-0.39, 0.29) is 5.84 Å². The fraction of sp³-hybridized carbons (Fsp3) is 0.500. The second-order valence-corrected chi connectivity index (χ2v) is 5.67. The number of amidine groups is 1. The molecule has 5 heteroatoms. The number of hydrogen-bond acceptors (Lipinski definition) is 3. The summed E-state index contributed by atoms with van der Waals surface area (Å²) in [5.74, 6) is 0.0940. The third kappa shape index (κ3) is 3.19. The van der Waals surface area contributed by atoms with E-state index in [1.165, 1.54) is 0 Å². The van der Waals surface area contributed by atoms with Crippen molar-refractivity contribution in [2.75, 3.05) is 31.6 Å². The van der Waals surface area contributed by atoms with Gasteiger partial charge in [0.1, 0.15) is 5.84 Å². The Bertz CT molecular complexity index is 475. The fourth-order valence-electron chi connectivity index (χ4n) is 2.70. The van der Waals surface area contributed by atoms with Gasteiger partial charge in [-0.05, 0) is 45.1 Å². The summed E-state index contributed by atoms with van der Waals surface area (Å²) < 4.78 is 0. The molecule has 1 aliphatic heterocycles. The Morgan fingerprint density at radius 2 is 2.16 bits per heavy atom. The minimum Gasteiger partial charge on any atom is -0.384 e. The zero-order chi connectivity index (χ0) is 14.0. The van der Waals surface area contributed by atoms with Gasteiger partial charge in [-0.15, -0.1) is 0 Å². The number of rotatable bonds is 2. The molecule has 1 unspecified atom stereocenters. The zero-order valence-corrected chi connectivity index (χ0v) is 12.2. The van der Waals surface area contributed by atoms with Crippen molar-refractivity contribution in [1.82, 2.24) is 4.90 Å². The van der Waals surface area contributed by atoms with Crippen molar-refractivity contribution >= 4 is 23.1 Å². The number of nitrogens with zero attached hydrogens (tertiary/aromatic N) is 2. The second kappa shape index (κ2) is 5.80. The maximum Gasteiger partial charge on any atom is 0.124 e. The molecule has 0 spiro atoms. The van der Waals surface area contributed by atoms with Gasteiger partial charge >= 0.3 is 0 Å². The quantitative estimate of drug-likeness (QED) is 0.645. The minimum absolute atomic E-state index is 0.0940. The van der Waals surface area contributed by atoms with Gasteiger partial charge in [0.25, 0.3) is 0 Å². The van der Waals surface area contributed by atoms with Crippen LogP contribution in [-0.2, 0) is 0 Å². The first-order valence-corrected chi connectivity index (χ1v) is 6.96. The van der Waals surface area contributed by atoms with E-state index in [9.17, 15) is 0 Å². The van der Waals surface area contributed by atoms with Gasteiger partial charge in [0.2, 0.25) is 0 Å². The summed E-state index contributed by atoms with van der Waals surface area (Å²) >= 11 is 6.11. The number of likely N-dealkylation sites (N-methyl/N-ethyl adjacent to an activating group) is 1. The SMILES string of the molecule is CC1CN(C)CCCN1c1cc(Cl)ccc1C(=N)N. The molecule has 1 saturated heterocycles. The Labute approximate surface area is 119 Å². The van der Waals surface area contributed by atoms with E-state index in [1.54, 1.807) is 6.07 Å². The molecular formula is C14H21ClN4. The fourth-order valence-corrected chi connectivity index (χ4v) is 2.87. The van der Waals surface area contributed by atoms with E-state index in [1.807, 2.05) is 12.1 Å². The van der Waals surface area contributed by atoms with Crippen LogP contribution in [0.25, 0.3) is 0 Å². The average Bonchev–Trinajstić information content (AvgIpc) is 2.49. The number of anilines is 1. The molecule has 0 aromatic heterocycles. The maximum absolute atomic E-state index is 7.72. The second-order valence-electron chi connectivity index (χ2n) is 5.23. The van der Waals surface area contributed by atoms with Crippen molar-refractivity contribution in [1.29, 1.82) is 5.41 Å². The number of halogens is 1. The van der Waals surface area contributed by atoms with Crippen LogP contribution >= 0.6 is 11.6 Å². The first kappa shape index (κ1) is 14.2. The topological polar surface area (TPSA) is 56.4 Å². The third-order valence-corrected chi connectivity index (χ3v) is 3.84. The van der Waals surface area contributed by atoms with Crippen LogP contribution < -0.4 is 10.6 Å². The Morgan fingerprint density at radius 1 is 1.42 bits per heavy atom. The van der Waals surface area contributed by atoms with E-state index in [2.05, 4.69) is 23.8 Å². The lowest BCUT2D eigenvalue weighted by Gasteiger charge is -2.31. The van der Waals surface area contributed by atoms with Gasteiger partial charge in [0.15, 0.2) is 0 Å². The van der Waals surface area contributed by atoms with Crippen LogP contribution in [0.1, 0.15) is 18.9 Å². The molecule has 0 saturated carbocycles. The predicted octanol–water partition coefficient (Wildman–Crippen LogP) is 2.15. The van der Waals surface area contributed by atoms with E-state index in [0.717, 1.165) is 37.3 Å². The third-order valence-electron chi connectivity index (χ3n) is 3.61. The van der Waals surface area contributed by atoms with Crippen molar-refractivity contribution in [2.24, 2.45) is 5.73 Å². The molecule has 1 aliphatic rings. The highest BCUT2D eigenvalue weighted by molar-refractivity contribution is 6.31. The van der Waals surface area contributed by atoms with Crippen molar-refractivity contribution < 1.29 is 0 Å². The average molecular weight is 281 g/mol. The van der Waals surface area contributed by atoms with Gasteiger partial charge in [-0.2, -0.15) is 0 Å². The highest BCUT2D eigenvalue weighted by Gasteiger charge is 2.22. The van der Waals surface area contributed by atoms with Crippen LogP contribution in [0.2, 0.25) is 5.02 Å². The smallest absolute Gasteiger partial charge is 0.124 e. The molecule has 104 valence electrons. The Balaban J connectivity index is 2.38. The Morgan fingerprint density at radius 3 is 2.84 bits per heavy atom. The van der Waals surface area contributed by atoms with Crippen LogP contribution in [-0.4, -0.2) is 43.5 Å². The van der Waals surface area contributed by atoms with E-state index >= 15 is 0 Å². The standard InChI is InChI=1S/C14H21ClN4/c1-10-9-18(2)6-3-7-19(10)13-8-11(15)4-5-12(13)14(16)17/h4-5,8,10H,3,6-7,9H2,1-2H3,(H3,16,17). The van der Waals surface area contributed by atoms with Gasteiger partial charge in [-0.25, -0.2) is 0 Å². The molecule has 1 aromatic rings. The number of nitrogens with two attached hydrogens (primary N) is 1. The highest BCUT2D eigenvalue weighted by Crippen LogP contribution is 2.27. The molecule has 1 atom stereocenters. The van der Waals surface area contributed by atoms with E-state index in [4.69, 9.17) is 22.7 Å². The highest BCUT2D eigenvalue weighted by atomic mass is 35.5. The molecule has 0 amide bonds. The number of nitrogens with one attached hydrogen (secondary N) is 1. The maximum atomic E-state index is 7.72. The minimum atomic E-state index is 0.0940. The van der Waals surface area contributed by atoms with Crippen molar-refractivity contribution in [2.45, 2.75) is 19.4 Å². The van der Waals surface area contributed by atoms with Crippen LogP contribution in [0.5, 0.6) is 0 Å². The molecule has 4 nitrogen and oxygen atoms in total. The van der Waals surface area contributed by atoms with E-state index < -0.39 is 0 Å². The first-order valence-electron chi connectivity index (χ1n) is 6.58. The molecule has 19 heavy (non-hydrogen) atoms. The monoisotopic (exact) mass is 280 g/mol. The lowest BCUT2D eigenvalue weighted by Crippen LogP contribution is -2.39. The molecule has 1 aromatic carbocycles. The summed E-state index contributed by atoms with van der Waals surface area (Å²) in [6.07, 6.45) is 1.10. The number of hydrogen-bond donors (Lipinski definition) is 2. The molecule has 3 N–H and O–H groups in total. The van der Waals surface area contributed by atoms with Gasteiger partial charge in [-0.3, -0.25) is 5.41 Å². The summed E-state index contributed by atoms with van der Waals surface area (Å²) in [7, 11) is 2.14. The lowest BCUT2D eigenvalue weighted by atomic mass is 10.1. The summed E-state index contributed by atoms with van der Waals surface area (Å²) in [5.41, 5.74) is 7.43. The van der Waals surface area contributed by atoms with Gasteiger partial charge in [-0.1, -0.05) is 11.6 Å². The van der Waals surface area contributed by atoms with Gasteiger partial charge in [0, 0.05) is 35.4 Å². The predicted molar refractivity (Wildman–Crippen MR) is 81.4 cm³/mol. The molecule has 2 rings (SSSR count). The first-order chi connectivity index (χ1) is 8.99.